The number of nitrogens with zero attached hydrogens (tertiary/aromatic N) is 1. The fourth-order valence-electron chi connectivity index (χ4n) is 3.83. The first-order valence-electron chi connectivity index (χ1n) is 8.12. The lowest BCUT2D eigenvalue weighted by molar-refractivity contribution is -0.151. The van der Waals surface area contributed by atoms with Crippen molar-refractivity contribution in [3.05, 3.63) is 0 Å². The lowest BCUT2D eigenvalue weighted by Gasteiger charge is -2.38. The molecule has 1 saturated carbocycles. The summed E-state index contributed by atoms with van der Waals surface area (Å²) in [5.74, 6) is 1.02. The second-order valence-electron chi connectivity index (χ2n) is 6.69. The van der Waals surface area contributed by atoms with Crippen LogP contribution < -0.4 is 5.32 Å². The lowest BCUT2D eigenvalue weighted by atomic mass is 9.90. The number of ether oxygens (including phenoxy) is 1. The molecule has 0 aromatic heterocycles. The summed E-state index contributed by atoms with van der Waals surface area (Å²) >= 11 is 0. The Hall–Kier alpha value is -0.610. The second-order valence-corrected chi connectivity index (χ2v) is 6.69. The molecule has 0 aromatic rings. The highest BCUT2D eigenvalue weighted by Crippen LogP contribution is 2.42. The molecule has 116 valence electrons. The average Bonchev–Trinajstić information content (AvgIpc) is 3.17. The summed E-state index contributed by atoms with van der Waals surface area (Å²) in [7, 11) is 1.51. The van der Waals surface area contributed by atoms with Crippen LogP contribution in [0.25, 0.3) is 0 Å². The molecule has 0 aromatic carbocycles. The van der Waals surface area contributed by atoms with Crippen LogP contribution in [0.4, 0.5) is 0 Å². The second kappa shape index (κ2) is 6.44. The highest BCUT2D eigenvalue weighted by Gasteiger charge is 2.53. The standard InChI is InChI=1S/C16H30N2O2/c1-5-17-16(13-8-9-13,15(19)20-4)11-18-10-6-7-14(18)12(2)3/h12-14,17H,5-11H2,1-4H3. The van der Waals surface area contributed by atoms with Crippen molar-refractivity contribution in [2.45, 2.75) is 58.0 Å². The van der Waals surface area contributed by atoms with Crippen molar-refractivity contribution < 1.29 is 9.53 Å². The third-order valence-corrected chi connectivity index (χ3v) is 4.95. The summed E-state index contributed by atoms with van der Waals surface area (Å²) < 4.78 is 5.15. The predicted molar refractivity (Wildman–Crippen MR) is 80.6 cm³/mol. The Kier molecular flexibility index (Phi) is 5.08. The lowest BCUT2D eigenvalue weighted by Crippen LogP contribution is -2.62. The quantitative estimate of drug-likeness (QED) is 0.726. The number of rotatable bonds is 7. The number of esters is 1. The maximum atomic E-state index is 12.5. The van der Waals surface area contributed by atoms with E-state index in [1.54, 1.807) is 0 Å². The van der Waals surface area contributed by atoms with E-state index in [9.17, 15) is 4.79 Å². The van der Waals surface area contributed by atoms with E-state index in [2.05, 4.69) is 31.0 Å². The molecule has 20 heavy (non-hydrogen) atoms. The van der Waals surface area contributed by atoms with Gasteiger partial charge in [-0.2, -0.15) is 0 Å². The van der Waals surface area contributed by atoms with E-state index >= 15 is 0 Å². The summed E-state index contributed by atoms with van der Waals surface area (Å²) in [6.07, 6.45) is 4.78. The van der Waals surface area contributed by atoms with Crippen LogP contribution in [0, 0.1) is 11.8 Å². The SMILES string of the molecule is CCNC(CN1CCCC1C(C)C)(C(=O)OC)C1CC1. The highest BCUT2D eigenvalue weighted by atomic mass is 16.5. The summed E-state index contributed by atoms with van der Waals surface area (Å²) in [5.41, 5.74) is -0.485. The molecule has 0 amide bonds. The average molecular weight is 282 g/mol. The summed E-state index contributed by atoms with van der Waals surface area (Å²) in [5, 5.41) is 3.48. The van der Waals surface area contributed by atoms with Gasteiger partial charge in [-0.1, -0.05) is 20.8 Å². The van der Waals surface area contributed by atoms with Gasteiger partial charge in [-0.3, -0.25) is 4.90 Å². The van der Waals surface area contributed by atoms with Crippen LogP contribution in [0.3, 0.4) is 0 Å². The molecule has 1 aliphatic heterocycles. The normalized spacial score (nSPS) is 26.8. The third kappa shape index (κ3) is 3.01. The molecule has 1 N–H and O–H groups in total. The van der Waals surface area contributed by atoms with Gasteiger partial charge in [0.2, 0.25) is 0 Å². The molecular formula is C16H30N2O2. The Balaban J connectivity index is 2.16. The van der Waals surface area contributed by atoms with E-state index in [-0.39, 0.29) is 5.97 Å². The van der Waals surface area contributed by atoms with Crippen molar-refractivity contribution in [2.75, 3.05) is 26.7 Å². The van der Waals surface area contributed by atoms with Crippen LogP contribution in [-0.2, 0) is 9.53 Å². The molecule has 2 fully saturated rings. The van der Waals surface area contributed by atoms with Gasteiger partial charge in [-0.25, -0.2) is 4.79 Å². The Morgan fingerprint density at radius 2 is 2.10 bits per heavy atom. The Morgan fingerprint density at radius 3 is 2.60 bits per heavy atom. The van der Waals surface area contributed by atoms with Crippen LogP contribution >= 0.6 is 0 Å². The fourth-order valence-corrected chi connectivity index (χ4v) is 3.83. The number of likely N-dealkylation sites (tertiary alicyclic amines) is 1. The van der Waals surface area contributed by atoms with E-state index < -0.39 is 5.54 Å². The maximum absolute atomic E-state index is 12.5. The number of carbonyl (C=O) groups is 1. The third-order valence-electron chi connectivity index (χ3n) is 4.95. The number of nitrogens with one attached hydrogen (secondary N) is 1. The van der Waals surface area contributed by atoms with E-state index in [0.717, 1.165) is 32.5 Å². The zero-order valence-corrected chi connectivity index (χ0v) is 13.4. The molecule has 0 spiro atoms. The van der Waals surface area contributed by atoms with E-state index in [4.69, 9.17) is 4.74 Å². The molecule has 2 aliphatic rings. The van der Waals surface area contributed by atoms with E-state index in [1.165, 1.54) is 20.0 Å². The molecular weight excluding hydrogens is 252 g/mol. The minimum Gasteiger partial charge on any atom is -0.468 e. The van der Waals surface area contributed by atoms with Crippen molar-refractivity contribution in [2.24, 2.45) is 11.8 Å². The van der Waals surface area contributed by atoms with Gasteiger partial charge in [0.15, 0.2) is 0 Å². The number of methoxy groups -OCH3 is 1. The van der Waals surface area contributed by atoms with Gasteiger partial charge < -0.3 is 10.1 Å². The summed E-state index contributed by atoms with van der Waals surface area (Å²) in [6.45, 7) is 9.37. The van der Waals surface area contributed by atoms with Crippen LogP contribution in [0.2, 0.25) is 0 Å². The van der Waals surface area contributed by atoms with Crippen molar-refractivity contribution in [3.63, 3.8) is 0 Å². The highest BCUT2D eigenvalue weighted by molar-refractivity contribution is 5.82. The molecule has 0 radical (unpaired) electrons. The Bertz CT molecular complexity index is 341. The van der Waals surface area contributed by atoms with Crippen molar-refractivity contribution >= 4 is 5.97 Å². The van der Waals surface area contributed by atoms with Gasteiger partial charge in [-0.15, -0.1) is 0 Å². The minimum atomic E-state index is -0.485. The monoisotopic (exact) mass is 282 g/mol. The molecule has 0 bridgehead atoms. The van der Waals surface area contributed by atoms with E-state index in [1.807, 2.05) is 0 Å². The van der Waals surface area contributed by atoms with Gasteiger partial charge in [0.05, 0.1) is 7.11 Å². The number of hydrogen-bond donors (Lipinski definition) is 1. The largest absolute Gasteiger partial charge is 0.468 e. The van der Waals surface area contributed by atoms with Crippen LogP contribution in [0.15, 0.2) is 0 Å². The van der Waals surface area contributed by atoms with Gasteiger partial charge in [0.25, 0.3) is 0 Å². The van der Waals surface area contributed by atoms with Crippen molar-refractivity contribution in [3.8, 4) is 0 Å². The number of hydrogen-bond acceptors (Lipinski definition) is 4. The molecule has 2 unspecified atom stereocenters. The predicted octanol–water partition coefficient (Wildman–Crippen LogP) is 2.04. The smallest absolute Gasteiger partial charge is 0.327 e. The topological polar surface area (TPSA) is 41.6 Å². The number of likely N-dealkylation sites (N-methyl/N-ethyl adjacent to an activating group) is 1. The van der Waals surface area contributed by atoms with Crippen LogP contribution in [-0.4, -0.2) is 49.2 Å². The van der Waals surface area contributed by atoms with Crippen LogP contribution in [0.5, 0.6) is 0 Å². The Morgan fingerprint density at radius 1 is 1.40 bits per heavy atom. The van der Waals surface area contributed by atoms with Gasteiger partial charge in [0.1, 0.15) is 5.54 Å². The van der Waals surface area contributed by atoms with Crippen molar-refractivity contribution in [1.29, 1.82) is 0 Å². The molecule has 1 saturated heterocycles. The van der Waals surface area contributed by atoms with Crippen LogP contribution in [0.1, 0.15) is 46.5 Å². The molecule has 4 nitrogen and oxygen atoms in total. The van der Waals surface area contributed by atoms with E-state index in [0.29, 0.717) is 17.9 Å². The molecule has 1 heterocycles. The minimum absolute atomic E-state index is 0.0729. The molecule has 2 rings (SSSR count). The first kappa shape index (κ1) is 15.8. The Labute approximate surface area is 123 Å². The first-order chi connectivity index (χ1) is 9.55. The molecule has 4 heteroatoms. The molecule has 1 aliphatic carbocycles. The first-order valence-corrected chi connectivity index (χ1v) is 8.12. The van der Waals surface area contributed by atoms with Gasteiger partial charge in [-0.05, 0) is 50.6 Å². The summed E-state index contributed by atoms with van der Waals surface area (Å²) in [6, 6.07) is 0.608. The zero-order chi connectivity index (χ0) is 14.8. The van der Waals surface area contributed by atoms with Gasteiger partial charge >= 0.3 is 5.97 Å². The van der Waals surface area contributed by atoms with Gasteiger partial charge in [0, 0.05) is 12.6 Å². The van der Waals surface area contributed by atoms with Crippen molar-refractivity contribution in [1.82, 2.24) is 10.2 Å². The molecule has 2 atom stereocenters. The zero-order valence-electron chi connectivity index (χ0n) is 13.4. The maximum Gasteiger partial charge on any atom is 0.327 e. The fraction of sp³-hybridized carbons (Fsp3) is 0.938. The summed E-state index contributed by atoms with van der Waals surface area (Å²) in [4.78, 5) is 15.0. The number of carbonyl (C=O) groups excluding carboxylic acids is 1.